The van der Waals surface area contributed by atoms with E-state index < -0.39 is 5.82 Å². The Morgan fingerprint density at radius 3 is 2.63 bits per heavy atom. The zero-order valence-electron chi connectivity index (χ0n) is 11.4. The lowest BCUT2D eigenvalue weighted by Crippen LogP contribution is -2.08. The highest BCUT2D eigenvalue weighted by Crippen LogP contribution is 2.19. The van der Waals surface area contributed by atoms with Gasteiger partial charge in [-0.1, -0.05) is 13.0 Å². The Morgan fingerprint density at radius 2 is 2.00 bits per heavy atom. The van der Waals surface area contributed by atoms with Gasteiger partial charge in [0.25, 0.3) is 0 Å². The summed E-state index contributed by atoms with van der Waals surface area (Å²) in [5.41, 5.74) is 2.03. The number of hydrogen-bond donors (Lipinski definition) is 1. The molecule has 1 N–H and O–H groups in total. The fraction of sp³-hybridized carbons (Fsp3) is 0.357. The predicted molar refractivity (Wildman–Crippen MR) is 73.5 cm³/mol. The number of halogens is 1. The molecule has 5 heteroatoms. The van der Waals surface area contributed by atoms with Gasteiger partial charge in [-0.15, -0.1) is 0 Å². The smallest absolute Gasteiger partial charge is 0.186 e. The van der Waals surface area contributed by atoms with Crippen LogP contribution in [0.4, 0.5) is 10.2 Å². The molecule has 0 fully saturated rings. The summed E-state index contributed by atoms with van der Waals surface area (Å²) in [6.07, 6.45) is 2.65. The summed E-state index contributed by atoms with van der Waals surface area (Å²) in [7, 11) is 0. The first-order valence-corrected chi connectivity index (χ1v) is 6.33. The summed E-state index contributed by atoms with van der Waals surface area (Å²) >= 11 is 0. The Hall–Kier alpha value is -2.04. The van der Waals surface area contributed by atoms with Gasteiger partial charge in [-0.25, -0.2) is 14.4 Å². The number of aromatic nitrogens is 3. The maximum atomic E-state index is 13.9. The number of aryl methyl sites for hydroxylation is 2. The molecule has 2 rings (SSSR count). The van der Waals surface area contributed by atoms with Crippen molar-refractivity contribution in [2.24, 2.45) is 0 Å². The highest BCUT2D eigenvalue weighted by molar-refractivity contribution is 5.53. The van der Waals surface area contributed by atoms with Crippen LogP contribution in [0, 0.1) is 19.7 Å². The van der Waals surface area contributed by atoms with E-state index >= 15 is 0 Å². The molecule has 0 saturated carbocycles. The minimum atomic E-state index is -0.399. The lowest BCUT2D eigenvalue weighted by Gasteiger charge is -2.09. The first-order valence-electron chi connectivity index (χ1n) is 6.33. The second-order valence-electron chi connectivity index (χ2n) is 4.44. The molecule has 2 aromatic heterocycles. The van der Waals surface area contributed by atoms with Crippen LogP contribution < -0.4 is 5.32 Å². The van der Waals surface area contributed by atoms with Crippen LogP contribution in [0.5, 0.6) is 0 Å². The largest absolute Gasteiger partial charge is 0.368 e. The number of pyridine rings is 1. The molecule has 100 valence electrons. The van der Waals surface area contributed by atoms with E-state index in [-0.39, 0.29) is 5.82 Å². The minimum absolute atomic E-state index is 0.242. The van der Waals surface area contributed by atoms with Gasteiger partial charge in [0.05, 0.1) is 5.69 Å². The van der Waals surface area contributed by atoms with E-state index in [2.05, 4.69) is 20.3 Å². The van der Waals surface area contributed by atoms with Crippen LogP contribution in [0.25, 0.3) is 11.5 Å². The molecule has 0 amide bonds. The standard InChI is InChI=1S/C14H17FN4/c1-4-7-16-14-12(15)10(3)18-13(19-14)11-6-5-9(2)8-17-11/h5-6,8H,4,7H2,1-3H3,(H,16,18,19). The Kier molecular flexibility index (Phi) is 4.04. The van der Waals surface area contributed by atoms with Gasteiger partial charge in [-0.05, 0) is 31.9 Å². The summed E-state index contributed by atoms with van der Waals surface area (Å²) in [4.78, 5) is 12.6. The Balaban J connectivity index is 2.40. The number of rotatable bonds is 4. The normalized spacial score (nSPS) is 10.5. The third kappa shape index (κ3) is 3.05. The van der Waals surface area contributed by atoms with Gasteiger partial charge in [-0.2, -0.15) is 0 Å². The fourth-order valence-electron chi connectivity index (χ4n) is 1.63. The van der Waals surface area contributed by atoms with Gasteiger partial charge in [0.2, 0.25) is 0 Å². The van der Waals surface area contributed by atoms with E-state index in [1.165, 1.54) is 0 Å². The zero-order valence-corrected chi connectivity index (χ0v) is 11.4. The van der Waals surface area contributed by atoms with Gasteiger partial charge < -0.3 is 5.32 Å². The van der Waals surface area contributed by atoms with Crippen molar-refractivity contribution >= 4 is 5.82 Å². The Bertz CT molecular complexity index is 566. The summed E-state index contributed by atoms with van der Waals surface area (Å²) < 4.78 is 13.9. The fourth-order valence-corrected chi connectivity index (χ4v) is 1.63. The Morgan fingerprint density at radius 1 is 1.21 bits per heavy atom. The molecule has 0 atom stereocenters. The van der Waals surface area contributed by atoms with Crippen molar-refractivity contribution in [3.05, 3.63) is 35.4 Å². The SMILES string of the molecule is CCCNc1nc(-c2ccc(C)cn2)nc(C)c1F. The van der Waals surface area contributed by atoms with Crippen molar-refractivity contribution in [3.63, 3.8) is 0 Å². The highest BCUT2D eigenvalue weighted by atomic mass is 19.1. The molecule has 0 aliphatic rings. The number of nitrogens with zero attached hydrogens (tertiary/aromatic N) is 3. The molecule has 0 bridgehead atoms. The van der Waals surface area contributed by atoms with Crippen molar-refractivity contribution in [3.8, 4) is 11.5 Å². The van der Waals surface area contributed by atoms with Gasteiger partial charge in [0.1, 0.15) is 5.69 Å². The number of nitrogens with one attached hydrogen (secondary N) is 1. The summed E-state index contributed by atoms with van der Waals surface area (Å²) in [5, 5.41) is 2.97. The average molecular weight is 260 g/mol. The molecule has 0 aliphatic heterocycles. The van der Waals surface area contributed by atoms with E-state index in [0.717, 1.165) is 12.0 Å². The van der Waals surface area contributed by atoms with Gasteiger partial charge in [0, 0.05) is 12.7 Å². The van der Waals surface area contributed by atoms with Crippen molar-refractivity contribution in [1.82, 2.24) is 15.0 Å². The molecule has 0 unspecified atom stereocenters. The van der Waals surface area contributed by atoms with Crippen molar-refractivity contribution in [2.45, 2.75) is 27.2 Å². The maximum Gasteiger partial charge on any atom is 0.186 e. The molecule has 0 saturated heterocycles. The minimum Gasteiger partial charge on any atom is -0.368 e. The van der Waals surface area contributed by atoms with E-state index in [0.29, 0.717) is 23.8 Å². The molecule has 2 heterocycles. The zero-order chi connectivity index (χ0) is 13.8. The number of anilines is 1. The summed E-state index contributed by atoms with van der Waals surface area (Å²) in [5.74, 6) is 0.286. The van der Waals surface area contributed by atoms with Crippen molar-refractivity contribution in [2.75, 3.05) is 11.9 Å². The molecule has 2 aromatic rings. The summed E-state index contributed by atoms with van der Waals surface area (Å²) in [6.45, 7) is 6.28. The number of hydrogen-bond acceptors (Lipinski definition) is 4. The Labute approximate surface area is 112 Å². The molecule has 0 spiro atoms. The molecular weight excluding hydrogens is 243 g/mol. The van der Waals surface area contributed by atoms with Gasteiger partial charge in [0.15, 0.2) is 17.5 Å². The predicted octanol–water partition coefficient (Wildman–Crippen LogP) is 3.12. The third-order valence-corrected chi connectivity index (χ3v) is 2.70. The molecule has 0 radical (unpaired) electrons. The molecule has 0 aromatic carbocycles. The van der Waals surface area contributed by atoms with E-state index in [9.17, 15) is 4.39 Å². The highest BCUT2D eigenvalue weighted by Gasteiger charge is 2.12. The molecule has 0 aliphatic carbocycles. The topological polar surface area (TPSA) is 50.7 Å². The lowest BCUT2D eigenvalue weighted by atomic mass is 10.2. The second-order valence-corrected chi connectivity index (χ2v) is 4.44. The summed E-state index contributed by atoms with van der Waals surface area (Å²) in [6, 6.07) is 3.77. The van der Waals surface area contributed by atoms with E-state index in [1.807, 2.05) is 26.0 Å². The lowest BCUT2D eigenvalue weighted by molar-refractivity contribution is 0.605. The van der Waals surface area contributed by atoms with Crippen LogP contribution in [-0.2, 0) is 0 Å². The van der Waals surface area contributed by atoms with E-state index in [4.69, 9.17) is 0 Å². The van der Waals surface area contributed by atoms with Crippen LogP contribution >= 0.6 is 0 Å². The van der Waals surface area contributed by atoms with E-state index in [1.54, 1.807) is 13.1 Å². The second kappa shape index (κ2) is 5.73. The molecule has 19 heavy (non-hydrogen) atoms. The maximum absolute atomic E-state index is 13.9. The van der Waals surface area contributed by atoms with Gasteiger partial charge in [-0.3, -0.25) is 4.98 Å². The van der Waals surface area contributed by atoms with Crippen LogP contribution in [0.15, 0.2) is 18.3 Å². The first kappa shape index (κ1) is 13.4. The van der Waals surface area contributed by atoms with Crippen LogP contribution in [0.2, 0.25) is 0 Å². The monoisotopic (exact) mass is 260 g/mol. The first-order chi connectivity index (χ1) is 9.11. The molecule has 4 nitrogen and oxygen atoms in total. The average Bonchev–Trinajstić information content (AvgIpc) is 2.41. The van der Waals surface area contributed by atoms with Crippen LogP contribution in [0.1, 0.15) is 24.6 Å². The third-order valence-electron chi connectivity index (χ3n) is 2.70. The van der Waals surface area contributed by atoms with Crippen LogP contribution in [-0.4, -0.2) is 21.5 Å². The van der Waals surface area contributed by atoms with Gasteiger partial charge >= 0.3 is 0 Å². The van der Waals surface area contributed by atoms with Crippen LogP contribution in [0.3, 0.4) is 0 Å². The van der Waals surface area contributed by atoms with Crippen molar-refractivity contribution in [1.29, 1.82) is 0 Å². The van der Waals surface area contributed by atoms with Crippen molar-refractivity contribution < 1.29 is 4.39 Å². The molecular formula is C14H17FN4. The quantitative estimate of drug-likeness (QED) is 0.917.